The molecule has 0 aromatic heterocycles. The SMILES string of the molecule is CCOC(=O)[C@H](CS)N(CC(N)=O)Cc1ccccc1. The van der Waals surface area contributed by atoms with Crippen molar-refractivity contribution in [2.24, 2.45) is 5.73 Å². The third-order valence-electron chi connectivity index (χ3n) is 2.76. The Hall–Kier alpha value is -1.53. The van der Waals surface area contributed by atoms with E-state index in [1.165, 1.54) is 0 Å². The highest BCUT2D eigenvalue weighted by atomic mass is 32.1. The number of primary amides is 1. The Bertz CT molecular complexity index is 439. The van der Waals surface area contributed by atoms with Gasteiger partial charge in [0, 0.05) is 12.3 Å². The Kier molecular flexibility index (Phi) is 7.11. The van der Waals surface area contributed by atoms with Crippen LogP contribution in [0, 0.1) is 0 Å². The number of nitrogens with two attached hydrogens (primary N) is 1. The predicted octanol–water partition coefficient (Wildman–Crippen LogP) is 0.835. The summed E-state index contributed by atoms with van der Waals surface area (Å²) in [6.45, 7) is 2.45. The molecule has 0 bridgehead atoms. The first kappa shape index (κ1) is 16.5. The monoisotopic (exact) mass is 296 g/mol. The first-order chi connectivity index (χ1) is 9.58. The largest absolute Gasteiger partial charge is 0.465 e. The number of rotatable bonds is 8. The summed E-state index contributed by atoms with van der Waals surface area (Å²) in [5.41, 5.74) is 6.25. The average molecular weight is 296 g/mol. The fraction of sp³-hybridized carbons (Fsp3) is 0.429. The lowest BCUT2D eigenvalue weighted by molar-refractivity contribution is -0.149. The molecule has 0 saturated heterocycles. The summed E-state index contributed by atoms with van der Waals surface area (Å²) in [6, 6.07) is 8.97. The first-order valence-electron chi connectivity index (χ1n) is 6.42. The summed E-state index contributed by atoms with van der Waals surface area (Å²) in [5.74, 6) is -0.615. The molecule has 1 atom stereocenters. The van der Waals surface area contributed by atoms with Crippen LogP contribution in [0.5, 0.6) is 0 Å². The van der Waals surface area contributed by atoms with Gasteiger partial charge in [-0.05, 0) is 12.5 Å². The Morgan fingerprint density at radius 3 is 2.50 bits per heavy atom. The molecule has 0 aliphatic heterocycles. The van der Waals surface area contributed by atoms with Crippen molar-refractivity contribution in [1.29, 1.82) is 0 Å². The minimum absolute atomic E-state index is 0.0149. The highest BCUT2D eigenvalue weighted by molar-refractivity contribution is 7.80. The molecule has 0 radical (unpaired) electrons. The number of nitrogens with zero attached hydrogens (tertiary/aromatic N) is 1. The van der Waals surface area contributed by atoms with Crippen LogP contribution >= 0.6 is 12.6 Å². The van der Waals surface area contributed by atoms with Gasteiger partial charge < -0.3 is 10.5 Å². The minimum Gasteiger partial charge on any atom is -0.465 e. The standard InChI is InChI=1S/C14H20N2O3S/c1-2-19-14(18)12(10-20)16(9-13(15)17)8-11-6-4-3-5-7-11/h3-7,12,20H,2,8-10H2,1H3,(H2,15,17)/t12-/m0/s1. The maximum Gasteiger partial charge on any atom is 0.324 e. The van der Waals surface area contributed by atoms with Crippen LogP contribution in [0.3, 0.4) is 0 Å². The lowest BCUT2D eigenvalue weighted by Crippen LogP contribution is -2.47. The van der Waals surface area contributed by atoms with E-state index in [2.05, 4.69) is 12.6 Å². The summed E-state index contributed by atoms with van der Waals surface area (Å²) in [7, 11) is 0. The highest BCUT2D eigenvalue weighted by Gasteiger charge is 2.27. The summed E-state index contributed by atoms with van der Waals surface area (Å²) in [6.07, 6.45) is 0. The number of carbonyl (C=O) groups is 2. The molecule has 0 fully saturated rings. The number of carbonyl (C=O) groups excluding carboxylic acids is 2. The van der Waals surface area contributed by atoms with Crippen LogP contribution in [-0.2, 0) is 20.9 Å². The van der Waals surface area contributed by atoms with Gasteiger partial charge in [-0.25, -0.2) is 0 Å². The molecule has 5 nitrogen and oxygen atoms in total. The van der Waals surface area contributed by atoms with Gasteiger partial charge in [-0.15, -0.1) is 0 Å². The molecule has 0 aliphatic carbocycles. The molecule has 0 unspecified atom stereocenters. The van der Waals surface area contributed by atoms with Crippen LogP contribution in [-0.4, -0.2) is 41.7 Å². The summed E-state index contributed by atoms with van der Waals surface area (Å²) < 4.78 is 5.01. The van der Waals surface area contributed by atoms with E-state index >= 15 is 0 Å². The third-order valence-corrected chi connectivity index (χ3v) is 3.11. The Morgan fingerprint density at radius 1 is 1.35 bits per heavy atom. The smallest absolute Gasteiger partial charge is 0.324 e. The maximum atomic E-state index is 11.9. The number of ether oxygens (including phenoxy) is 1. The fourth-order valence-electron chi connectivity index (χ4n) is 1.87. The van der Waals surface area contributed by atoms with Crippen LogP contribution in [0.25, 0.3) is 0 Å². The number of hydrogen-bond acceptors (Lipinski definition) is 5. The number of amides is 1. The highest BCUT2D eigenvalue weighted by Crippen LogP contribution is 2.11. The van der Waals surface area contributed by atoms with Gasteiger partial charge in [-0.2, -0.15) is 12.6 Å². The molecule has 0 saturated carbocycles. The molecule has 1 amide bonds. The summed E-state index contributed by atoms with van der Waals surface area (Å²) >= 11 is 4.18. The molecule has 1 aromatic rings. The number of thiol groups is 1. The van der Waals surface area contributed by atoms with Crippen molar-refractivity contribution in [3.63, 3.8) is 0 Å². The van der Waals surface area contributed by atoms with E-state index in [9.17, 15) is 9.59 Å². The second-order valence-electron chi connectivity index (χ2n) is 4.31. The first-order valence-corrected chi connectivity index (χ1v) is 7.05. The molecule has 0 heterocycles. The normalized spacial score (nSPS) is 12.2. The number of hydrogen-bond donors (Lipinski definition) is 2. The van der Waals surface area contributed by atoms with Gasteiger partial charge in [0.2, 0.25) is 5.91 Å². The molecule has 6 heteroatoms. The average Bonchev–Trinajstić information content (AvgIpc) is 2.40. The van der Waals surface area contributed by atoms with Crippen LogP contribution in [0.1, 0.15) is 12.5 Å². The van der Waals surface area contributed by atoms with Gasteiger partial charge in [0.25, 0.3) is 0 Å². The lowest BCUT2D eigenvalue weighted by atomic mass is 10.2. The van der Waals surface area contributed by atoms with Gasteiger partial charge in [0.05, 0.1) is 13.2 Å². The number of esters is 1. The zero-order valence-electron chi connectivity index (χ0n) is 11.5. The van der Waals surface area contributed by atoms with Gasteiger partial charge >= 0.3 is 5.97 Å². The second-order valence-corrected chi connectivity index (χ2v) is 4.67. The van der Waals surface area contributed by atoms with E-state index in [4.69, 9.17) is 10.5 Å². The molecular weight excluding hydrogens is 276 g/mol. The maximum absolute atomic E-state index is 11.9. The molecule has 1 aromatic carbocycles. The fourth-order valence-corrected chi connectivity index (χ4v) is 2.25. The van der Waals surface area contributed by atoms with Crippen LogP contribution in [0.15, 0.2) is 30.3 Å². The zero-order chi connectivity index (χ0) is 15.0. The Balaban J connectivity index is 2.86. The molecule has 110 valence electrons. The van der Waals surface area contributed by atoms with Crippen molar-refractivity contribution in [2.75, 3.05) is 18.9 Å². The Labute approximate surface area is 124 Å². The van der Waals surface area contributed by atoms with E-state index in [1.807, 2.05) is 30.3 Å². The quantitative estimate of drug-likeness (QED) is 0.551. The molecule has 20 heavy (non-hydrogen) atoms. The minimum atomic E-state index is -0.592. The third kappa shape index (κ3) is 5.22. The van der Waals surface area contributed by atoms with Crippen molar-refractivity contribution in [3.8, 4) is 0 Å². The van der Waals surface area contributed by atoms with Crippen molar-refractivity contribution in [3.05, 3.63) is 35.9 Å². The predicted molar refractivity (Wildman–Crippen MR) is 80.3 cm³/mol. The van der Waals surface area contributed by atoms with Gasteiger partial charge in [0.1, 0.15) is 6.04 Å². The topological polar surface area (TPSA) is 72.6 Å². The second kappa shape index (κ2) is 8.60. The van der Waals surface area contributed by atoms with Crippen LogP contribution < -0.4 is 5.73 Å². The molecular formula is C14H20N2O3S. The van der Waals surface area contributed by atoms with E-state index in [1.54, 1.807) is 11.8 Å². The summed E-state index contributed by atoms with van der Waals surface area (Å²) in [4.78, 5) is 24.8. The number of benzene rings is 1. The van der Waals surface area contributed by atoms with Crippen molar-refractivity contribution < 1.29 is 14.3 Å². The molecule has 2 N–H and O–H groups in total. The molecule has 0 aliphatic rings. The van der Waals surface area contributed by atoms with Crippen LogP contribution in [0.4, 0.5) is 0 Å². The summed E-state index contributed by atoms with van der Waals surface area (Å²) in [5, 5.41) is 0. The van der Waals surface area contributed by atoms with E-state index in [0.29, 0.717) is 13.2 Å². The van der Waals surface area contributed by atoms with Crippen molar-refractivity contribution in [2.45, 2.75) is 19.5 Å². The zero-order valence-corrected chi connectivity index (χ0v) is 12.4. The van der Waals surface area contributed by atoms with Gasteiger partial charge in [-0.1, -0.05) is 30.3 Å². The van der Waals surface area contributed by atoms with Gasteiger partial charge in [-0.3, -0.25) is 14.5 Å². The lowest BCUT2D eigenvalue weighted by Gasteiger charge is -2.27. The van der Waals surface area contributed by atoms with Crippen molar-refractivity contribution in [1.82, 2.24) is 4.90 Å². The van der Waals surface area contributed by atoms with E-state index < -0.39 is 11.9 Å². The van der Waals surface area contributed by atoms with E-state index in [0.717, 1.165) is 5.56 Å². The van der Waals surface area contributed by atoms with Gasteiger partial charge in [0.15, 0.2) is 0 Å². The Morgan fingerprint density at radius 2 is 2.00 bits per heavy atom. The molecule has 0 spiro atoms. The van der Waals surface area contributed by atoms with Crippen LogP contribution in [0.2, 0.25) is 0 Å². The van der Waals surface area contributed by atoms with Crippen molar-refractivity contribution >= 4 is 24.5 Å². The molecule has 1 rings (SSSR count). The van der Waals surface area contributed by atoms with E-state index in [-0.39, 0.29) is 18.3 Å².